The molecule has 5 heteroatoms. The molecule has 96 valence electrons. The van der Waals surface area contributed by atoms with E-state index in [1.54, 1.807) is 18.2 Å². The van der Waals surface area contributed by atoms with Crippen LogP contribution in [0.4, 0.5) is 0 Å². The lowest BCUT2D eigenvalue weighted by Gasteiger charge is -2.11. The Hall–Kier alpha value is -1.14. The second kappa shape index (κ2) is 8.03. The maximum Gasteiger partial charge on any atom is 0.119 e. The summed E-state index contributed by atoms with van der Waals surface area (Å²) in [6, 6.07) is 5.25. The summed E-state index contributed by atoms with van der Waals surface area (Å²) in [5, 5.41) is 26.4. The fourth-order valence-electron chi connectivity index (χ4n) is 1.39. The molecule has 1 aromatic rings. The van der Waals surface area contributed by atoms with Gasteiger partial charge in [-0.1, -0.05) is 6.07 Å². The van der Waals surface area contributed by atoms with E-state index >= 15 is 0 Å². The topological polar surface area (TPSA) is 79.2 Å². The summed E-state index contributed by atoms with van der Waals surface area (Å²) in [5.74, 6) is 0.624. The molecule has 0 amide bonds. The molecule has 1 rings (SSSR count). The molecule has 5 nitrogen and oxygen atoms in total. The summed E-state index contributed by atoms with van der Waals surface area (Å²) in [4.78, 5) is 0. The summed E-state index contributed by atoms with van der Waals surface area (Å²) in [6.07, 6.45) is 0. The molecule has 0 aliphatic rings. The smallest absolute Gasteiger partial charge is 0.119 e. The van der Waals surface area contributed by atoms with Crippen molar-refractivity contribution >= 4 is 0 Å². The molecule has 0 spiro atoms. The number of rotatable bonds is 8. The number of benzene rings is 1. The highest BCUT2D eigenvalue weighted by atomic mass is 16.5. The van der Waals surface area contributed by atoms with Gasteiger partial charge in [0.25, 0.3) is 0 Å². The van der Waals surface area contributed by atoms with Gasteiger partial charge in [0, 0.05) is 0 Å². The minimum atomic E-state index is -0.0713. The molecule has 0 unspecified atom stereocenters. The number of ether oxygens (including phenoxy) is 2. The van der Waals surface area contributed by atoms with Gasteiger partial charge < -0.3 is 24.8 Å². The first-order valence-electron chi connectivity index (χ1n) is 5.46. The molecular formula is C12H18O5. The predicted octanol–water partition coefficient (Wildman–Crippen LogP) is 0.0589. The highest BCUT2D eigenvalue weighted by molar-refractivity contribution is 5.35. The van der Waals surface area contributed by atoms with Crippen molar-refractivity contribution in [2.24, 2.45) is 0 Å². The summed E-state index contributed by atoms with van der Waals surface area (Å²) >= 11 is 0. The highest BCUT2D eigenvalue weighted by Crippen LogP contribution is 2.19. The summed E-state index contributed by atoms with van der Waals surface area (Å²) in [7, 11) is 0. The Morgan fingerprint density at radius 3 is 2.35 bits per heavy atom. The van der Waals surface area contributed by atoms with E-state index in [2.05, 4.69) is 0 Å². The van der Waals surface area contributed by atoms with E-state index in [1.807, 2.05) is 0 Å². The second-order valence-electron chi connectivity index (χ2n) is 3.44. The number of hydrogen-bond donors (Lipinski definition) is 3. The molecule has 0 aliphatic heterocycles. The first-order valence-corrected chi connectivity index (χ1v) is 5.46. The molecule has 0 saturated heterocycles. The van der Waals surface area contributed by atoms with Crippen molar-refractivity contribution in [3.63, 3.8) is 0 Å². The van der Waals surface area contributed by atoms with Gasteiger partial charge in [-0.25, -0.2) is 0 Å². The van der Waals surface area contributed by atoms with Gasteiger partial charge in [0.1, 0.15) is 12.4 Å². The zero-order chi connectivity index (χ0) is 12.5. The molecule has 0 bridgehead atoms. The summed E-state index contributed by atoms with van der Waals surface area (Å²) < 4.78 is 10.5. The van der Waals surface area contributed by atoms with E-state index in [-0.39, 0.29) is 33.0 Å². The van der Waals surface area contributed by atoms with Crippen molar-refractivity contribution in [2.45, 2.75) is 13.2 Å². The van der Waals surface area contributed by atoms with Crippen LogP contribution >= 0.6 is 0 Å². The van der Waals surface area contributed by atoms with E-state index in [4.69, 9.17) is 24.8 Å². The average Bonchev–Trinajstić information content (AvgIpc) is 2.37. The van der Waals surface area contributed by atoms with Crippen molar-refractivity contribution in [1.82, 2.24) is 0 Å². The van der Waals surface area contributed by atoms with E-state index in [0.29, 0.717) is 12.4 Å². The van der Waals surface area contributed by atoms with E-state index in [1.165, 1.54) is 0 Å². The Balaban J connectivity index is 2.68. The molecule has 3 N–H and O–H groups in total. The van der Waals surface area contributed by atoms with Crippen LogP contribution in [0.3, 0.4) is 0 Å². The third-order valence-electron chi connectivity index (χ3n) is 2.20. The molecule has 0 saturated carbocycles. The van der Waals surface area contributed by atoms with Crippen LogP contribution in [0, 0.1) is 0 Å². The lowest BCUT2D eigenvalue weighted by molar-refractivity contribution is 0.0803. The molecule has 0 heterocycles. The monoisotopic (exact) mass is 242 g/mol. The SMILES string of the molecule is OCCOCc1cc(OCCO)ccc1CO. The maximum atomic E-state index is 9.16. The van der Waals surface area contributed by atoms with Gasteiger partial charge in [-0.15, -0.1) is 0 Å². The van der Waals surface area contributed by atoms with Gasteiger partial charge in [0.05, 0.1) is 33.0 Å². The summed E-state index contributed by atoms with van der Waals surface area (Å²) in [6.45, 7) is 0.653. The molecule has 17 heavy (non-hydrogen) atoms. The minimum absolute atomic E-state index is 0.0326. The number of hydrogen-bond acceptors (Lipinski definition) is 5. The van der Waals surface area contributed by atoms with E-state index in [9.17, 15) is 0 Å². The van der Waals surface area contributed by atoms with Gasteiger partial charge in [-0.2, -0.15) is 0 Å². The van der Waals surface area contributed by atoms with Gasteiger partial charge in [0.15, 0.2) is 0 Å². The zero-order valence-electron chi connectivity index (χ0n) is 9.63. The lowest BCUT2D eigenvalue weighted by Crippen LogP contribution is -2.05. The van der Waals surface area contributed by atoms with Crippen LogP contribution in [0.25, 0.3) is 0 Å². The molecule has 0 aliphatic carbocycles. The van der Waals surface area contributed by atoms with Gasteiger partial charge in [-0.3, -0.25) is 0 Å². The van der Waals surface area contributed by atoms with Crippen molar-refractivity contribution in [3.05, 3.63) is 29.3 Å². The molecular weight excluding hydrogens is 224 g/mol. The van der Waals surface area contributed by atoms with Gasteiger partial charge in [-0.05, 0) is 23.3 Å². The Kier molecular flexibility index (Phi) is 6.57. The quantitative estimate of drug-likeness (QED) is 0.562. The van der Waals surface area contributed by atoms with Crippen LogP contribution in [-0.2, 0) is 18.0 Å². The molecule has 0 atom stereocenters. The number of aliphatic hydroxyl groups is 3. The Labute approximate surface area is 100 Å². The minimum Gasteiger partial charge on any atom is -0.491 e. The Bertz CT molecular complexity index is 327. The zero-order valence-corrected chi connectivity index (χ0v) is 9.63. The summed E-state index contributed by atoms with van der Waals surface area (Å²) in [5.41, 5.74) is 1.58. The Morgan fingerprint density at radius 2 is 1.71 bits per heavy atom. The van der Waals surface area contributed by atoms with Crippen molar-refractivity contribution in [1.29, 1.82) is 0 Å². The normalized spacial score (nSPS) is 10.5. The van der Waals surface area contributed by atoms with Crippen LogP contribution in [0.1, 0.15) is 11.1 Å². The van der Waals surface area contributed by atoms with Crippen LogP contribution in [0.15, 0.2) is 18.2 Å². The first-order chi connectivity index (χ1) is 8.31. The molecule has 0 fully saturated rings. The average molecular weight is 242 g/mol. The van der Waals surface area contributed by atoms with Crippen LogP contribution in [0.5, 0.6) is 5.75 Å². The van der Waals surface area contributed by atoms with Crippen molar-refractivity contribution in [2.75, 3.05) is 26.4 Å². The van der Waals surface area contributed by atoms with Gasteiger partial charge >= 0.3 is 0 Å². The maximum absolute atomic E-state index is 9.16. The van der Waals surface area contributed by atoms with Crippen LogP contribution < -0.4 is 4.74 Å². The highest BCUT2D eigenvalue weighted by Gasteiger charge is 2.04. The Morgan fingerprint density at radius 1 is 0.941 bits per heavy atom. The van der Waals surface area contributed by atoms with Gasteiger partial charge in [0.2, 0.25) is 0 Å². The second-order valence-corrected chi connectivity index (χ2v) is 3.44. The third-order valence-corrected chi connectivity index (χ3v) is 2.20. The van der Waals surface area contributed by atoms with E-state index < -0.39 is 0 Å². The van der Waals surface area contributed by atoms with Crippen LogP contribution in [-0.4, -0.2) is 41.7 Å². The van der Waals surface area contributed by atoms with E-state index in [0.717, 1.165) is 11.1 Å². The third kappa shape index (κ3) is 4.70. The fraction of sp³-hybridized carbons (Fsp3) is 0.500. The predicted molar refractivity (Wildman–Crippen MR) is 61.7 cm³/mol. The largest absolute Gasteiger partial charge is 0.491 e. The molecule has 1 aromatic carbocycles. The van der Waals surface area contributed by atoms with Crippen LogP contribution in [0.2, 0.25) is 0 Å². The molecule has 0 radical (unpaired) electrons. The standard InChI is InChI=1S/C12H18O5/c13-3-5-16-9-11-7-12(17-6-4-14)2-1-10(11)8-15/h1-2,7,13-15H,3-6,8-9H2. The lowest BCUT2D eigenvalue weighted by atomic mass is 10.1. The van der Waals surface area contributed by atoms with Crippen molar-refractivity contribution < 1.29 is 24.8 Å². The first kappa shape index (κ1) is 13.9. The molecule has 0 aromatic heterocycles. The number of aliphatic hydroxyl groups excluding tert-OH is 3. The fourth-order valence-corrected chi connectivity index (χ4v) is 1.39. The van der Waals surface area contributed by atoms with Crippen molar-refractivity contribution in [3.8, 4) is 5.75 Å².